The van der Waals surface area contributed by atoms with Crippen molar-refractivity contribution in [3.8, 4) is 0 Å². The topological polar surface area (TPSA) is 12.5 Å². The number of likely N-dealkylation sites (tertiary alicyclic amines) is 1. The molecule has 0 atom stereocenters. The van der Waals surface area contributed by atoms with Gasteiger partial charge in [0.25, 0.3) is 0 Å². The molecular formula is C22H33NO. The molecule has 1 fully saturated rings. The molecule has 1 heterocycles. The molecular weight excluding hydrogens is 294 g/mol. The maximum atomic E-state index is 6.42. The number of allylic oxidation sites excluding steroid dienone is 2. The molecule has 2 heteroatoms. The van der Waals surface area contributed by atoms with Crippen LogP contribution in [0.1, 0.15) is 51.7 Å². The first-order valence-electron chi connectivity index (χ1n) is 9.07. The third-order valence-corrected chi connectivity index (χ3v) is 4.31. The highest BCUT2D eigenvalue weighted by Crippen LogP contribution is 2.27. The Morgan fingerprint density at radius 1 is 1.25 bits per heavy atom. The number of hydrogen-bond donors (Lipinski definition) is 0. The summed E-state index contributed by atoms with van der Waals surface area (Å²) >= 11 is 0. The van der Waals surface area contributed by atoms with Gasteiger partial charge >= 0.3 is 0 Å². The highest BCUT2D eigenvalue weighted by molar-refractivity contribution is 5.65. The van der Waals surface area contributed by atoms with Crippen LogP contribution in [0.2, 0.25) is 0 Å². The van der Waals surface area contributed by atoms with E-state index in [0.717, 1.165) is 43.8 Å². The summed E-state index contributed by atoms with van der Waals surface area (Å²) in [5.41, 5.74) is 3.81. The van der Waals surface area contributed by atoms with Gasteiger partial charge in [0.1, 0.15) is 11.9 Å². The zero-order valence-corrected chi connectivity index (χ0v) is 16.1. The van der Waals surface area contributed by atoms with E-state index in [1.54, 1.807) is 0 Å². The van der Waals surface area contributed by atoms with E-state index in [0.29, 0.717) is 11.5 Å². The van der Waals surface area contributed by atoms with Gasteiger partial charge in [-0.15, -0.1) is 0 Å². The van der Waals surface area contributed by atoms with Crippen molar-refractivity contribution in [1.82, 2.24) is 4.90 Å². The molecule has 0 saturated carbocycles. The molecule has 0 aromatic heterocycles. The molecule has 1 aliphatic rings. The Hall–Kier alpha value is -1.54. The lowest BCUT2D eigenvalue weighted by molar-refractivity contribution is 0.0648. The van der Waals surface area contributed by atoms with Crippen LogP contribution in [0.5, 0.6) is 0 Å². The molecule has 0 amide bonds. The van der Waals surface area contributed by atoms with Gasteiger partial charge in [-0.3, -0.25) is 0 Å². The summed E-state index contributed by atoms with van der Waals surface area (Å²) in [7, 11) is 0. The van der Waals surface area contributed by atoms with E-state index in [-0.39, 0.29) is 0 Å². The van der Waals surface area contributed by atoms with Gasteiger partial charge in [-0.25, -0.2) is 0 Å². The second-order valence-corrected chi connectivity index (χ2v) is 8.32. The molecule has 24 heavy (non-hydrogen) atoms. The number of piperidine rings is 1. The normalized spacial score (nSPS) is 17.8. The molecule has 0 aliphatic carbocycles. The van der Waals surface area contributed by atoms with Crippen molar-refractivity contribution in [1.29, 1.82) is 0 Å². The lowest BCUT2D eigenvalue weighted by atomic mass is 9.94. The zero-order chi connectivity index (χ0) is 17.7. The van der Waals surface area contributed by atoms with Gasteiger partial charge in [0.05, 0.1) is 0 Å². The maximum absolute atomic E-state index is 6.42. The smallest absolute Gasteiger partial charge is 0.127 e. The van der Waals surface area contributed by atoms with Crippen molar-refractivity contribution < 1.29 is 4.74 Å². The molecule has 0 bridgehead atoms. The van der Waals surface area contributed by atoms with Crippen LogP contribution >= 0.6 is 0 Å². The molecule has 2 rings (SSSR count). The molecule has 1 aliphatic heterocycles. The van der Waals surface area contributed by atoms with Crippen molar-refractivity contribution >= 4 is 5.76 Å². The molecule has 132 valence electrons. The van der Waals surface area contributed by atoms with Gasteiger partial charge in [-0.05, 0) is 43.7 Å². The molecule has 1 saturated heterocycles. The first-order chi connectivity index (χ1) is 11.2. The Morgan fingerprint density at radius 2 is 1.88 bits per heavy atom. The summed E-state index contributed by atoms with van der Waals surface area (Å²) < 4.78 is 6.42. The number of ether oxygens (including phenoxy) is 1. The molecule has 0 N–H and O–H groups in total. The minimum absolute atomic E-state index is 0.298. The SMILES string of the molecule is C=C(C)/C=C(/OC1CCN(CC(C)(C)C)CC1)c1ccccc1C. The quantitative estimate of drug-likeness (QED) is 0.527. The Kier molecular flexibility index (Phi) is 6.28. The van der Waals surface area contributed by atoms with Crippen LogP contribution in [0, 0.1) is 12.3 Å². The summed E-state index contributed by atoms with van der Waals surface area (Å²) in [5.74, 6) is 0.967. The van der Waals surface area contributed by atoms with Gasteiger partial charge in [-0.2, -0.15) is 0 Å². The second-order valence-electron chi connectivity index (χ2n) is 8.32. The lowest BCUT2D eigenvalue weighted by Gasteiger charge is -2.36. The predicted molar refractivity (Wildman–Crippen MR) is 104 cm³/mol. The number of nitrogens with zero attached hydrogens (tertiary/aromatic N) is 1. The van der Waals surface area contributed by atoms with E-state index in [2.05, 4.69) is 69.5 Å². The van der Waals surface area contributed by atoms with Crippen LogP contribution < -0.4 is 0 Å². The Bertz CT molecular complexity index is 586. The Balaban J connectivity index is 2.02. The minimum Gasteiger partial charge on any atom is -0.490 e. The fourth-order valence-corrected chi connectivity index (χ4v) is 3.28. The van der Waals surface area contributed by atoms with Crippen molar-refractivity contribution in [2.45, 2.75) is 53.6 Å². The summed E-state index contributed by atoms with van der Waals surface area (Å²) in [6.07, 6.45) is 4.56. The molecule has 0 radical (unpaired) electrons. The Labute approximate surface area is 148 Å². The summed E-state index contributed by atoms with van der Waals surface area (Å²) in [6.45, 7) is 18.5. The standard InChI is InChI=1S/C22H33NO/c1-17(2)15-21(20-10-8-7-9-18(20)3)24-19-11-13-23(14-12-19)16-22(4,5)6/h7-10,15,19H,1,11-14,16H2,2-6H3/b21-15+. The maximum Gasteiger partial charge on any atom is 0.127 e. The molecule has 0 spiro atoms. The van der Waals surface area contributed by atoms with E-state index in [1.165, 1.54) is 11.1 Å². The summed E-state index contributed by atoms with van der Waals surface area (Å²) in [5, 5.41) is 0. The van der Waals surface area contributed by atoms with Gasteiger partial charge in [0.2, 0.25) is 0 Å². The van der Waals surface area contributed by atoms with Crippen LogP contribution in [0.4, 0.5) is 0 Å². The number of hydrogen-bond acceptors (Lipinski definition) is 2. The molecule has 2 nitrogen and oxygen atoms in total. The number of benzene rings is 1. The third-order valence-electron chi connectivity index (χ3n) is 4.31. The van der Waals surface area contributed by atoms with Crippen molar-refractivity contribution in [2.75, 3.05) is 19.6 Å². The van der Waals surface area contributed by atoms with Crippen molar-refractivity contribution in [3.63, 3.8) is 0 Å². The van der Waals surface area contributed by atoms with Crippen LogP contribution in [-0.4, -0.2) is 30.6 Å². The fraction of sp³-hybridized carbons (Fsp3) is 0.545. The number of rotatable bonds is 5. The van der Waals surface area contributed by atoms with Gasteiger partial charge < -0.3 is 9.64 Å². The lowest BCUT2D eigenvalue weighted by Crippen LogP contribution is -2.41. The highest BCUT2D eigenvalue weighted by Gasteiger charge is 2.24. The van der Waals surface area contributed by atoms with Gasteiger partial charge in [-0.1, -0.05) is 57.2 Å². The van der Waals surface area contributed by atoms with E-state index >= 15 is 0 Å². The average Bonchev–Trinajstić information content (AvgIpc) is 2.47. The van der Waals surface area contributed by atoms with E-state index in [1.807, 2.05) is 6.92 Å². The molecule has 1 aromatic rings. The van der Waals surface area contributed by atoms with Crippen LogP contribution in [0.25, 0.3) is 5.76 Å². The van der Waals surface area contributed by atoms with E-state index < -0.39 is 0 Å². The zero-order valence-electron chi connectivity index (χ0n) is 16.1. The predicted octanol–water partition coefficient (Wildman–Crippen LogP) is 5.44. The summed E-state index contributed by atoms with van der Waals surface area (Å²) in [6, 6.07) is 8.42. The average molecular weight is 328 g/mol. The third kappa shape index (κ3) is 5.83. The van der Waals surface area contributed by atoms with Crippen LogP contribution in [0.3, 0.4) is 0 Å². The van der Waals surface area contributed by atoms with Crippen LogP contribution in [0.15, 0.2) is 42.5 Å². The number of aryl methyl sites for hydroxylation is 1. The van der Waals surface area contributed by atoms with Crippen LogP contribution in [-0.2, 0) is 4.74 Å². The van der Waals surface area contributed by atoms with E-state index in [9.17, 15) is 0 Å². The largest absolute Gasteiger partial charge is 0.490 e. The first kappa shape index (κ1) is 18.8. The monoisotopic (exact) mass is 327 g/mol. The molecule has 1 aromatic carbocycles. The van der Waals surface area contributed by atoms with Gasteiger partial charge in [0.15, 0.2) is 0 Å². The Morgan fingerprint density at radius 3 is 2.42 bits per heavy atom. The first-order valence-corrected chi connectivity index (χ1v) is 9.07. The second kappa shape index (κ2) is 8.02. The van der Waals surface area contributed by atoms with Crippen molar-refractivity contribution in [3.05, 3.63) is 53.6 Å². The van der Waals surface area contributed by atoms with Gasteiger partial charge in [0, 0.05) is 25.2 Å². The minimum atomic E-state index is 0.298. The molecule has 0 unspecified atom stereocenters. The fourth-order valence-electron chi connectivity index (χ4n) is 3.28. The highest BCUT2D eigenvalue weighted by atomic mass is 16.5. The summed E-state index contributed by atoms with van der Waals surface area (Å²) in [4.78, 5) is 2.57. The van der Waals surface area contributed by atoms with E-state index in [4.69, 9.17) is 4.74 Å². The van der Waals surface area contributed by atoms with Crippen molar-refractivity contribution in [2.24, 2.45) is 5.41 Å².